The summed E-state index contributed by atoms with van der Waals surface area (Å²) in [4.78, 5) is 9.92. The van der Waals surface area contributed by atoms with Crippen molar-refractivity contribution in [2.45, 2.75) is 12.1 Å². The Morgan fingerprint density at radius 3 is 1.58 bits per heavy atom. The number of hydrogen-bond donors (Lipinski definition) is 0. The molecule has 0 aliphatic rings. The summed E-state index contributed by atoms with van der Waals surface area (Å²) < 4.78 is 58.4. The van der Waals surface area contributed by atoms with Gasteiger partial charge in [0.1, 0.15) is 0 Å². The van der Waals surface area contributed by atoms with E-state index in [4.69, 9.17) is 0 Å². The second-order valence-electron chi connectivity index (χ2n) is 1.82. The van der Waals surface area contributed by atoms with Crippen molar-refractivity contribution in [2.75, 3.05) is 0 Å². The van der Waals surface area contributed by atoms with E-state index in [1.165, 1.54) is 0 Å². The topological polar surface area (TPSA) is 17.1 Å². The first kappa shape index (κ1) is 11.4. The standard InChI is InChI=1S/C5H2ClF5O/c1-2(3(6)12)4(7,8)5(9,10)11/h1H2. The Hall–Kier alpha value is -0.650. The lowest BCUT2D eigenvalue weighted by atomic mass is 10.1. The summed E-state index contributed by atoms with van der Waals surface area (Å²) >= 11 is 4.40. The van der Waals surface area contributed by atoms with Crippen molar-refractivity contribution in [3.8, 4) is 0 Å². The van der Waals surface area contributed by atoms with Crippen LogP contribution in [0, 0.1) is 0 Å². The molecule has 1 nitrogen and oxygen atoms in total. The van der Waals surface area contributed by atoms with E-state index in [9.17, 15) is 26.7 Å². The Kier molecular flexibility index (Phi) is 2.84. The third-order valence-corrected chi connectivity index (χ3v) is 1.20. The Balaban J connectivity index is 4.87. The minimum Gasteiger partial charge on any atom is -0.276 e. The molecule has 0 N–H and O–H groups in total. The maximum Gasteiger partial charge on any atom is 0.458 e. The van der Waals surface area contributed by atoms with Crippen molar-refractivity contribution in [1.82, 2.24) is 0 Å². The van der Waals surface area contributed by atoms with Crippen LogP contribution in [0.1, 0.15) is 0 Å². The van der Waals surface area contributed by atoms with Gasteiger partial charge >= 0.3 is 12.1 Å². The third kappa shape index (κ3) is 1.94. The van der Waals surface area contributed by atoms with E-state index in [0.29, 0.717) is 0 Å². The van der Waals surface area contributed by atoms with Crippen molar-refractivity contribution < 1.29 is 26.7 Å². The summed E-state index contributed by atoms with van der Waals surface area (Å²) in [7, 11) is 0. The molecule has 0 spiro atoms. The SMILES string of the molecule is C=C(C(=O)Cl)C(F)(F)C(F)(F)F. The molecule has 0 saturated carbocycles. The largest absolute Gasteiger partial charge is 0.458 e. The van der Waals surface area contributed by atoms with E-state index in [0.717, 1.165) is 0 Å². The molecule has 0 amide bonds. The van der Waals surface area contributed by atoms with Crippen molar-refractivity contribution in [2.24, 2.45) is 0 Å². The maximum atomic E-state index is 12.0. The Morgan fingerprint density at radius 1 is 1.17 bits per heavy atom. The number of hydrogen-bond acceptors (Lipinski definition) is 1. The fourth-order valence-corrected chi connectivity index (χ4v) is 0.413. The summed E-state index contributed by atoms with van der Waals surface area (Å²) in [5, 5.41) is -1.91. The number of rotatable bonds is 2. The molecule has 0 heterocycles. The van der Waals surface area contributed by atoms with Gasteiger partial charge in [0.25, 0.3) is 5.24 Å². The first-order valence-electron chi connectivity index (χ1n) is 2.44. The molecular formula is C5H2ClF5O. The van der Waals surface area contributed by atoms with Gasteiger partial charge in [-0.1, -0.05) is 6.58 Å². The van der Waals surface area contributed by atoms with E-state index >= 15 is 0 Å². The number of carbonyl (C=O) groups is 1. The van der Waals surface area contributed by atoms with Crippen LogP contribution >= 0.6 is 11.6 Å². The van der Waals surface area contributed by atoms with Crippen molar-refractivity contribution in [1.29, 1.82) is 0 Å². The first-order valence-corrected chi connectivity index (χ1v) is 2.82. The molecule has 12 heavy (non-hydrogen) atoms. The summed E-state index contributed by atoms with van der Waals surface area (Å²) in [5.74, 6) is -5.26. The van der Waals surface area contributed by atoms with Gasteiger partial charge < -0.3 is 0 Å². The fourth-order valence-electron chi connectivity index (χ4n) is 0.295. The second kappa shape index (κ2) is 3.01. The van der Waals surface area contributed by atoms with Gasteiger partial charge in [-0.05, 0) is 11.6 Å². The minimum atomic E-state index is -5.84. The summed E-state index contributed by atoms with van der Waals surface area (Å²) in [6.45, 7) is 2.24. The van der Waals surface area contributed by atoms with Crippen LogP contribution in [-0.2, 0) is 4.79 Å². The lowest BCUT2D eigenvalue weighted by Crippen LogP contribution is -2.39. The third-order valence-electron chi connectivity index (χ3n) is 0.972. The van der Waals surface area contributed by atoms with Gasteiger partial charge in [-0.25, -0.2) is 0 Å². The second-order valence-corrected chi connectivity index (χ2v) is 2.17. The molecule has 7 heteroatoms. The zero-order chi connectivity index (χ0) is 10.2. The van der Waals surface area contributed by atoms with Crippen LogP contribution in [-0.4, -0.2) is 17.3 Å². The Bertz CT molecular complexity index is 218. The molecule has 0 rings (SSSR count). The molecule has 0 atom stereocenters. The number of allylic oxidation sites excluding steroid dienone is 1. The quantitative estimate of drug-likeness (QED) is 0.387. The Morgan fingerprint density at radius 2 is 1.50 bits per heavy atom. The van der Waals surface area contributed by atoms with Crippen LogP contribution in [0.2, 0.25) is 0 Å². The predicted octanol–water partition coefficient (Wildman–Crippen LogP) is 2.51. The number of carbonyl (C=O) groups excluding carboxylic acids is 1. The lowest BCUT2D eigenvalue weighted by Gasteiger charge is -2.18. The van der Waals surface area contributed by atoms with Crippen molar-refractivity contribution in [3.05, 3.63) is 12.2 Å². The van der Waals surface area contributed by atoms with Gasteiger partial charge in [0.15, 0.2) is 0 Å². The normalized spacial score (nSPS) is 12.8. The average Bonchev–Trinajstić information content (AvgIpc) is 1.83. The smallest absolute Gasteiger partial charge is 0.276 e. The molecule has 0 aliphatic carbocycles. The van der Waals surface area contributed by atoms with Crippen LogP contribution < -0.4 is 0 Å². The van der Waals surface area contributed by atoms with Gasteiger partial charge in [0.2, 0.25) is 0 Å². The Labute approximate surface area is 68.8 Å². The molecule has 0 aliphatic heterocycles. The monoisotopic (exact) mass is 208 g/mol. The molecule has 0 saturated heterocycles. The highest BCUT2D eigenvalue weighted by molar-refractivity contribution is 6.67. The number of halogens is 6. The first-order chi connectivity index (χ1) is 5.10. The maximum absolute atomic E-state index is 12.0. The summed E-state index contributed by atoms with van der Waals surface area (Å²) in [5.41, 5.74) is -1.98. The summed E-state index contributed by atoms with van der Waals surface area (Å²) in [6.07, 6.45) is -5.84. The zero-order valence-corrected chi connectivity index (χ0v) is 6.14. The highest BCUT2D eigenvalue weighted by Gasteiger charge is 2.60. The van der Waals surface area contributed by atoms with Crippen LogP contribution in [0.3, 0.4) is 0 Å². The lowest BCUT2D eigenvalue weighted by molar-refractivity contribution is -0.263. The minimum absolute atomic E-state index is 1.91. The van der Waals surface area contributed by atoms with Crippen LogP contribution in [0.4, 0.5) is 22.0 Å². The van der Waals surface area contributed by atoms with Crippen molar-refractivity contribution >= 4 is 16.8 Å². The van der Waals surface area contributed by atoms with Crippen LogP contribution in [0.5, 0.6) is 0 Å². The molecule has 0 aromatic heterocycles. The zero-order valence-electron chi connectivity index (χ0n) is 5.38. The van der Waals surface area contributed by atoms with E-state index in [1.54, 1.807) is 0 Å². The average molecular weight is 209 g/mol. The molecule has 0 radical (unpaired) electrons. The fraction of sp³-hybridized carbons (Fsp3) is 0.400. The van der Waals surface area contributed by atoms with Gasteiger partial charge in [-0.2, -0.15) is 22.0 Å². The van der Waals surface area contributed by atoms with E-state index < -0.39 is 22.9 Å². The van der Waals surface area contributed by atoms with Crippen LogP contribution in [0.25, 0.3) is 0 Å². The molecule has 0 bridgehead atoms. The molecule has 70 valence electrons. The van der Waals surface area contributed by atoms with Gasteiger partial charge in [-0.3, -0.25) is 4.79 Å². The molecular weight excluding hydrogens is 206 g/mol. The predicted molar refractivity (Wildman–Crippen MR) is 31.0 cm³/mol. The highest BCUT2D eigenvalue weighted by Crippen LogP contribution is 2.40. The number of alkyl halides is 5. The molecule has 0 fully saturated rings. The molecule has 0 unspecified atom stereocenters. The summed E-state index contributed by atoms with van der Waals surface area (Å²) in [6, 6.07) is 0. The van der Waals surface area contributed by atoms with E-state index in [2.05, 4.69) is 18.2 Å². The van der Waals surface area contributed by atoms with Gasteiger partial charge in [0, 0.05) is 0 Å². The molecule has 0 aromatic rings. The van der Waals surface area contributed by atoms with E-state index in [-0.39, 0.29) is 0 Å². The van der Waals surface area contributed by atoms with Crippen molar-refractivity contribution in [3.63, 3.8) is 0 Å². The highest BCUT2D eigenvalue weighted by atomic mass is 35.5. The van der Waals surface area contributed by atoms with Gasteiger partial charge in [0.05, 0.1) is 5.57 Å². The van der Waals surface area contributed by atoms with Crippen LogP contribution in [0.15, 0.2) is 12.2 Å². The van der Waals surface area contributed by atoms with E-state index in [1.807, 2.05) is 0 Å². The van der Waals surface area contributed by atoms with Gasteiger partial charge in [-0.15, -0.1) is 0 Å². The molecule has 0 aromatic carbocycles.